The van der Waals surface area contributed by atoms with Crippen LogP contribution in [0.25, 0.3) is 5.69 Å². The van der Waals surface area contributed by atoms with Gasteiger partial charge in [0.1, 0.15) is 5.69 Å². The van der Waals surface area contributed by atoms with Crippen LogP contribution >= 0.6 is 0 Å². The van der Waals surface area contributed by atoms with Gasteiger partial charge >= 0.3 is 0 Å². The molecule has 114 valence electrons. The molecule has 0 saturated heterocycles. The van der Waals surface area contributed by atoms with Gasteiger partial charge in [0, 0.05) is 13.7 Å². The summed E-state index contributed by atoms with van der Waals surface area (Å²) in [4.78, 5) is 1.69. The van der Waals surface area contributed by atoms with Crippen molar-refractivity contribution in [2.45, 2.75) is 32.2 Å². The van der Waals surface area contributed by atoms with Crippen molar-refractivity contribution >= 4 is 0 Å². The molecule has 1 atom stereocenters. The standard InChI is InChI=1S/C16H24N4O/c1-3-11-17-15(10-7-12-21-2)16-13-18-20(19-16)14-8-5-4-6-9-14/h4-6,8-9,13,15,17H,3,7,10-12H2,1-2H3. The molecule has 1 aromatic carbocycles. The van der Waals surface area contributed by atoms with E-state index in [0.29, 0.717) is 0 Å². The van der Waals surface area contributed by atoms with Crippen LogP contribution in [0, 0.1) is 0 Å². The Kier molecular flexibility index (Phi) is 6.37. The predicted octanol–water partition coefficient (Wildman–Crippen LogP) is 2.73. The number of ether oxygens (including phenoxy) is 1. The Morgan fingerprint density at radius 3 is 2.81 bits per heavy atom. The second kappa shape index (κ2) is 8.54. The van der Waals surface area contributed by atoms with Crippen molar-refractivity contribution in [3.8, 4) is 5.69 Å². The molecule has 1 unspecified atom stereocenters. The first-order valence-electron chi connectivity index (χ1n) is 7.55. The van der Waals surface area contributed by atoms with E-state index < -0.39 is 0 Å². The monoisotopic (exact) mass is 288 g/mol. The van der Waals surface area contributed by atoms with Gasteiger partial charge in [-0.25, -0.2) is 0 Å². The van der Waals surface area contributed by atoms with Gasteiger partial charge in [0.25, 0.3) is 0 Å². The quantitative estimate of drug-likeness (QED) is 0.721. The third-order valence-corrected chi connectivity index (χ3v) is 3.34. The third kappa shape index (κ3) is 4.65. The first kappa shape index (κ1) is 15.7. The van der Waals surface area contributed by atoms with Crippen LogP contribution in [0.4, 0.5) is 0 Å². The number of nitrogens with one attached hydrogen (secondary N) is 1. The lowest BCUT2D eigenvalue weighted by Gasteiger charge is -2.15. The molecule has 0 bridgehead atoms. The van der Waals surface area contributed by atoms with Crippen molar-refractivity contribution in [2.75, 3.05) is 20.3 Å². The minimum absolute atomic E-state index is 0.234. The molecule has 0 aliphatic heterocycles. The van der Waals surface area contributed by atoms with E-state index in [1.54, 1.807) is 11.9 Å². The molecular formula is C16H24N4O. The van der Waals surface area contributed by atoms with Crippen LogP contribution in [-0.4, -0.2) is 35.3 Å². The van der Waals surface area contributed by atoms with Gasteiger partial charge in [-0.1, -0.05) is 25.1 Å². The van der Waals surface area contributed by atoms with E-state index >= 15 is 0 Å². The number of hydrogen-bond acceptors (Lipinski definition) is 4. The largest absolute Gasteiger partial charge is 0.385 e. The van der Waals surface area contributed by atoms with Crippen molar-refractivity contribution < 1.29 is 4.74 Å². The van der Waals surface area contributed by atoms with Gasteiger partial charge in [-0.15, -0.1) is 0 Å². The molecule has 0 aliphatic carbocycles. The van der Waals surface area contributed by atoms with Gasteiger partial charge in [-0.3, -0.25) is 0 Å². The van der Waals surface area contributed by atoms with Gasteiger partial charge in [-0.2, -0.15) is 15.0 Å². The zero-order valence-corrected chi connectivity index (χ0v) is 12.8. The van der Waals surface area contributed by atoms with Crippen LogP contribution < -0.4 is 5.32 Å². The number of methoxy groups -OCH3 is 1. The summed E-state index contributed by atoms with van der Waals surface area (Å²) in [5, 5.41) is 12.5. The van der Waals surface area contributed by atoms with Crippen molar-refractivity contribution in [3.63, 3.8) is 0 Å². The minimum Gasteiger partial charge on any atom is -0.385 e. The van der Waals surface area contributed by atoms with Crippen LogP contribution in [-0.2, 0) is 4.74 Å². The van der Waals surface area contributed by atoms with Crippen molar-refractivity contribution in [2.24, 2.45) is 0 Å². The molecule has 0 radical (unpaired) electrons. The highest BCUT2D eigenvalue weighted by molar-refractivity contribution is 5.28. The first-order valence-corrected chi connectivity index (χ1v) is 7.55. The molecule has 2 rings (SSSR count). The van der Waals surface area contributed by atoms with E-state index in [1.807, 2.05) is 36.5 Å². The lowest BCUT2D eigenvalue weighted by atomic mass is 10.1. The molecule has 1 heterocycles. The highest BCUT2D eigenvalue weighted by Gasteiger charge is 2.14. The Balaban J connectivity index is 2.07. The highest BCUT2D eigenvalue weighted by atomic mass is 16.5. The van der Waals surface area contributed by atoms with E-state index in [0.717, 1.165) is 43.8 Å². The van der Waals surface area contributed by atoms with E-state index in [-0.39, 0.29) is 6.04 Å². The van der Waals surface area contributed by atoms with Crippen LogP contribution in [0.5, 0.6) is 0 Å². The molecule has 21 heavy (non-hydrogen) atoms. The summed E-state index contributed by atoms with van der Waals surface area (Å²) in [5.74, 6) is 0. The molecular weight excluding hydrogens is 264 g/mol. The Morgan fingerprint density at radius 2 is 2.10 bits per heavy atom. The average molecular weight is 288 g/mol. The number of aromatic nitrogens is 3. The molecule has 5 heteroatoms. The van der Waals surface area contributed by atoms with Gasteiger partial charge in [0.15, 0.2) is 0 Å². The fourth-order valence-corrected chi connectivity index (χ4v) is 2.23. The molecule has 1 aromatic heterocycles. The first-order chi connectivity index (χ1) is 10.3. The van der Waals surface area contributed by atoms with Gasteiger partial charge < -0.3 is 10.1 Å². The lowest BCUT2D eigenvalue weighted by Crippen LogP contribution is -2.23. The highest BCUT2D eigenvalue weighted by Crippen LogP contribution is 2.17. The van der Waals surface area contributed by atoms with E-state index in [1.165, 1.54) is 0 Å². The molecule has 1 N–H and O–H groups in total. The van der Waals surface area contributed by atoms with Crippen LogP contribution in [0.2, 0.25) is 0 Å². The summed E-state index contributed by atoms with van der Waals surface area (Å²) in [6.07, 6.45) is 4.97. The van der Waals surface area contributed by atoms with Crippen molar-refractivity contribution in [1.29, 1.82) is 0 Å². The predicted molar refractivity (Wildman–Crippen MR) is 83.5 cm³/mol. The number of rotatable bonds is 9. The topological polar surface area (TPSA) is 52.0 Å². The summed E-state index contributed by atoms with van der Waals surface area (Å²) >= 11 is 0. The third-order valence-electron chi connectivity index (χ3n) is 3.34. The minimum atomic E-state index is 0.234. The Labute approximate surface area is 126 Å². The number of nitrogens with zero attached hydrogens (tertiary/aromatic N) is 3. The molecule has 0 spiro atoms. The van der Waals surface area contributed by atoms with Gasteiger partial charge in [0.05, 0.1) is 17.9 Å². The summed E-state index contributed by atoms with van der Waals surface area (Å²) in [6, 6.07) is 10.2. The SMILES string of the molecule is CCCNC(CCCOC)c1cnn(-c2ccccc2)n1. The Hall–Kier alpha value is -1.72. The molecule has 0 aliphatic rings. The molecule has 5 nitrogen and oxygen atoms in total. The van der Waals surface area contributed by atoms with Gasteiger partial charge in [-0.05, 0) is 37.9 Å². The lowest BCUT2D eigenvalue weighted by molar-refractivity contribution is 0.188. The van der Waals surface area contributed by atoms with Crippen LogP contribution in [0.1, 0.15) is 37.9 Å². The molecule has 0 saturated carbocycles. The summed E-state index contributed by atoms with van der Waals surface area (Å²) < 4.78 is 5.14. The zero-order chi connectivity index (χ0) is 14.9. The molecule has 0 amide bonds. The summed E-state index contributed by atoms with van der Waals surface area (Å²) in [7, 11) is 1.74. The summed E-state index contributed by atoms with van der Waals surface area (Å²) in [6.45, 7) is 3.92. The van der Waals surface area contributed by atoms with Gasteiger partial charge in [0.2, 0.25) is 0 Å². The molecule has 2 aromatic rings. The number of benzene rings is 1. The van der Waals surface area contributed by atoms with Crippen LogP contribution in [0.15, 0.2) is 36.5 Å². The smallest absolute Gasteiger partial charge is 0.100 e. The van der Waals surface area contributed by atoms with Crippen molar-refractivity contribution in [3.05, 3.63) is 42.2 Å². The second-order valence-corrected chi connectivity index (χ2v) is 5.04. The summed E-state index contributed by atoms with van der Waals surface area (Å²) in [5.41, 5.74) is 1.97. The second-order valence-electron chi connectivity index (χ2n) is 5.04. The maximum atomic E-state index is 5.14. The van der Waals surface area contributed by atoms with Crippen molar-refractivity contribution in [1.82, 2.24) is 20.3 Å². The molecule has 0 fully saturated rings. The Morgan fingerprint density at radius 1 is 1.29 bits per heavy atom. The van der Waals surface area contributed by atoms with E-state index in [4.69, 9.17) is 4.74 Å². The average Bonchev–Trinajstić information content (AvgIpc) is 3.01. The Bertz CT molecular complexity index is 512. The fraction of sp³-hybridized carbons (Fsp3) is 0.500. The number of hydrogen-bond donors (Lipinski definition) is 1. The maximum Gasteiger partial charge on any atom is 0.100 e. The fourth-order valence-electron chi connectivity index (χ4n) is 2.23. The van der Waals surface area contributed by atoms with Crippen LogP contribution in [0.3, 0.4) is 0 Å². The maximum absolute atomic E-state index is 5.14. The van der Waals surface area contributed by atoms with E-state index in [2.05, 4.69) is 22.4 Å². The zero-order valence-electron chi connectivity index (χ0n) is 12.8. The van der Waals surface area contributed by atoms with E-state index in [9.17, 15) is 0 Å². The number of para-hydroxylation sites is 1. The normalized spacial score (nSPS) is 12.5.